The lowest BCUT2D eigenvalue weighted by atomic mass is 9.75. The van der Waals surface area contributed by atoms with E-state index in [0.717, 1.165) is 18.4 Å². The molecule has 1 aromatic rings. The molecule has 3 atom stereocenters. The normalized spacial score (nSPS) is 22.1. The molecule has 1 aromatic carbocycles. The number of carbonyl (C=O) groups is 1. The third kappa shape index (κ3) is 5.80. The first-order chi connectivity index (χ1) is 14.2. The number of nitro benzene ring substituents is 1. The number of aliphatic imine (C=N–C) groups is 1. The summed E-state index contributed by atoms with van der Waals surface area (Å²) in [5, 5.41) is 11.3. The number of rotatable bonds is 7. The van der Waals surface area contributed by atoms with E-state index in [2.05, 4.69) is 25.8 Å². The van der Waals surface area contributed by atoms with E-state index in [4.69, 9.17) is 4.74 Å². The van der Waals surface area contributed by atoms with Crippen LogP contribution in [0.2, 0.25) is 0 Å². The summed E-state index contributed by atoms with van der Waals surface area (Å²) in [5.74, 6) is 1.72. The number of non-ortho nitro benzene ring substituents is 1. The number of amidine groups is 1. The molecule has 0 aromatic heterocycles. The SMILES string of the molecule is CCC(=NC)N(CC(=O)O[C@@H]1C[C@H](C)CC[C@H]1C(C)C)c1cc([N+](=O)[O-])ccc1C. The highest BCUT2D eigenvalue weighted by molar-refractivity contribution is 6.01. The average molecular weight is 418 g/mol. The van der Waals surface area contributed by atoms with Crippen molar-refractivity contribution in [3.63, 3.8) is 0 Å². The van der Waals surface area contributed by atoms with Crippen LogP contribution in [0.4, 0.5) is 11.4 Å². The molecule has 7 heteroatoms. The van der Waals surface area contributed by atoms with Gasteiger partial charge in [0.05, 0.1) is 10.6 Å². The Balaban J connectivity index is 2.28. The molecule has 0 unspecified atom stereocenters. The monoisotopic (exact) mass is 417 g/mol. The van der Waals surface area contributed by atoms with Crippen molar-refractivity contribution in [2.75, 3.05) is 18.5 Å². The number of ether oxygens (including phenoxy) is 1. The molecule has 0 radical (unpaired) electrons. The van der Waals surface area contributed by atoms with Gasteiger partial charge in [0, 0.05) is 25.6 Å². The first-order valence-electron chi connectivity index (χ1n) is 10.9. The lowest BCUT2D eigenvalue weighted by molar-refractivity contribution is -0.384. The van der Waals surface area contributed by atoms with Crippen molar-refractivity contribution < 1.29 is 14.5 Å². The Bertz CT molecular complexity index is 791. The molecule has 1 saturated carbocycles. The Kier molecular flexibility index (Phi) is 8.38. The molecule has 0 N–H and O–H groups in total. The first kappa shape index (κ1) is 23.8. The first-order valence-corrected chi connectivity index (χ1v) is 10.9. The summed E-state index contributed by atoms with van der Waals surface area (Å²) in [6, 6.07) is 4.68. The molecule has 0 saturated heterocycles. The predicted octanol–water partition coefficient (Wildman–Crippen LogP) is 5.15. The largest absolute Gasteiger partial charge is 0.461 e. The molecular formula is C23H35N3O4. The standard InChI is InChI=1S/C23H35N3O4/c1-7-22(24-6)25(20-13-18(26(28)29)10-9-17(20)5)14-23(27)30-21-12-16(4)8-11-19(21)15(2)3/h9-10,13,15-16,19,21H,7-8,11-12,14H2,1-6H3/t16-,19+,21-/m1/s1. The summed E-state index contributed by atoms with van der Waals surface area (Å²) in [6.07, 6.45) is 3.63. The molecule has 0 heterocycles. The minimum Gasteiger partial charge on any atom is -0.461 e. The number of hydrogen-bond donors (Lipinski definition) is 0. The second-order valence-electron chi connectivity index (χ2n) is 8.66. The van der Waals surface area contributed by atoms with Crippen LogP contribution in [0.25, 0.3) is 0 Å². The van der Waals surface area contributed by atoms with Gasteiger partial charge in [-0.2, -0.15) is 0 Å². The predicted molar refractivity (Wildman–Crippen MR) is 120 cm³/mol. The van der Waals surface area contributed by atoms with E-state index in [-0.39, 0.29) is 24.3 Å². The van der Waals surface area contributed by atoms with Gasteiger partial charge in [-0.15, -0.1) is 0 Å². The van der Waals surface area contributed by atoms with E-state index in [0.29, 0.717) is 35.7 Å². The molecule has 166 valence electrons. The Labute approximate surface area is 179 Å². The summed E-state index contributed by atoms with van der Waals surface area (Å²) in [6.45, 7) is 10.4. The third-order valence-corrected chi connectivity index (χ3v) is 6.11. The maximum Gasteiger partial charge on any atom is 0.326 e. The topological polar surface area (TPSA) is 85.0 Å². The van der Waals surface area contributed by atoms with Gasteiger partial charge in [0.15, 0.2) is 0 Å². The molecule has 0 amide bonds. The van der Waals surface area contributed by atoms with Crippen LogP contribution in [0.5, 0.6) is 0 Å². The Morgan fingerprint density at radius 1 is 1.37 bits per heavy atom. The lowest BCUT2D eigenvalue weighted by Gasteiger charge is -2.37. The number of aryl methyl sites for hydroxylation is 1. The van der Waals surface area contributed by atoms with Crippen LogP contribution in [0.15, 0.2) is 23.2 Å². The quantitative estimate of drug-likeness (QED) is 0.201. The highest BCUT2D eigenvalue weighted by atomic mass is 16.6. The summed E-state index contributed by atoms with van der Waals surface area (Å²) < 4.78 is 5.97. The number of anilines is 1. The van der Waals surface area contributed by atoms with Crippen LogP contribution >= 0.6 is 0 Å². The molecule has 0 aliphatic heterocycles. The van der Waals surface area contributed by atoms with Crippen molar-refractivity contribution in [2.24, 2.45) is 22.7 Å². The Morgan fingerprint density at radius 2 is 2.07 bits per heavy atom. The zero-order valence-corrected chi connectivity index (χ0v) is 19.1. The van der Waals surface area contributed by atoms with Crippen LogP contribution in [0, 0.1) is 34.8 Å². The van der Waals surface area contributed by atoms with Gasteiger partial charge in [-0.25, -0.2) is 0 Å². The van der Waals surface area contributed by atoms with Crippen LogP contribution < -0.4 is 4.90 Å². The van der Waals surface area contributed by atoms with Gasteiger partial charge in [-0.05, 0) is 43.1 Å². The highest BCUT2D eigenvalue weighted by Crippen LogP contribution is 2.35. The summed E-state index contributed by atoms with van der Waals surface area (Å²) in [5.41, 5.74) is 1.44. The fraction of sp³-hybridized carbons (Fsp3) is 0.652. The van der Waals surface area contributed by atoms with E-state index < -0.39 is 4.92 Å². The zero-order chi connectivity index (χ0) is 22.4. The van der Waals surface area contributed by atoms with E-state index >= 15 is 0 Å². The maximum absolute atomic E-state index is 13.0. The number of nitrogens with zero attached hydrogens (tertiary/aromatic N) is 3. The van der Waals surface area contributed by atoms with Crippen molar-refractivity contribution in [1.29, 1.82) is 0 Å². The van der Waals surface area contributed by atoms with Gasteiger partial charge < -0.3 is 9.64 Å². The lowest BCUT2D eigenvalue weighted by Crippen LogP contribution is -2.41. The highest BCUT2D eigenvalue weighted by Gasteiger charge is 2.34. The fourth-order valence-electron chi connectivity index (χ4n) is 4.37. The molecule has 0 spiro atoms. The van der Waals surface area contributed by atoms with Crippen LogP contribution in [0.3, 0.4) is 0 Å². The zero-order valence-electron chi connectivity index (χ0n) is 19.1. The molecule has 1 aliphatic carbocycles. The Morgan fingerprint density at radius 3 is 2.63 bits per heavy atom. The Hall–Kier alpha value is -2.44. The number of carbonyl (C=O) groups excluding carboxylic acids is 1. The molecule has 0 bridgehead atoms. The maximum atomic E-state index is 13.0. The van der Waals surface area contributed by atoms with Gasteiger partial charge in [0.25, 0.3) is 5.69 Å². The number of benzene rings is 1. The van der Waals surface area contributed by atoms with Gasteiger partial charge in [-0.1, -0.05) is 40.2 Å². The molecule has 7 nitrogen and oxygen atoms in total. The summed E-state index contributed by atoms with van der Waals surface area (Å²) in [4.78, 5) is 29.9. The third-order valence-electron chi connectivity index (χ3n) is 6.11. The average Bonchev–Trinajstić information content (AvgIpc) is 2.68. The van der Waals surface area contributed by atoms with E-state index in [9.17, 15) is 14.9 Å². The van der Waals surface area contributed by atoms with Crippen LogP contribution in [-0.4, -0.2) is 36.4 Å². The number of esters is 1. The van der Waals surface area contributed by atoms with Gasteiger partial charge in [-0.3, -0.25) is 19.9 Å². The molecule has 1 fully saturated rings. The number of hydrogen-bond acceptors (Lipinski definition) is 5. The molecular weight excluding hydrogens is 382 g/mol. The van der Waals surface area contributed by atoms with E-state index in [1.807, 2.05) is 13.8 Å². The van der Waals surface area contributed by atoms with Crippen molar-refractivity contribution in [2.45, 2.75) is 66.4 Å². The van der Waals surface area contributed by atoms with E-state index in [1.165, 1.54) is 18.6 Å². The fourth-order valence-corrected chi connectivity index (χ4v) is 4.37. The second-order valence-corrected chi connectivity index (χ2v) is 8.66. The van der Waals surface area contributed by atoms with Gasteiger partial charge in [0.2, 0.25) is 0 Å². The minimum absolute atomic E-state index is 0.0125. The van der Waals surface area contributed by atoms with Gasteiger partial charge >= 0.3 is 5.97 Å². The number of nitro groups is 1. The summed E-state index contributed by atoms with van der Waals surface area (Å²) in [7, 11) is 1.67. The van der Waals surface area contributed by atoms with E-state index in [1.54, 1.807) is 18.0 Å². The van der Waals surface area contributed by atoms with Crippen molar-refractivity contribution >= 4 is 23.2 Å². The van der Waals surface area contributed by atoms with Crippen LogP contribution in [0.1, 0.15) is 58.9 Å². The van der Waals surface area contributed by atoms with Gasteiger partial charge in [0.1, 0.15) is 18.5 Å². The van der Waals surface area contributed by atoms with Crippen molar-refractivity contribution in [3.8, 4) is 0 Å². The molecule has 30 heavy (non-hydrogen) atoms. The second kappa shape index (κ2) is 10.5. The summed E-state index contributed by atoms with van der Waals surface area (Å²) >= 11 is 0. The smallest absolute Gasteiger partial charge is 0.326 e. The van der Waals surface area contributed by atoms with Crippen molar-refractivity contribution in [1.82, 2.24) is 0 Å². The molecule has 1 aliphatic rings. The van der Waals surface area contributed by atoms with Crippen molar-refractivity contribution in [3.05, 3.63) is 33.9 Å². The minimum atomic E-state index is -0.426. The molecule has 2 rings (SSSR count). The van der Waals surface area contributed by atoms with Crippen LogP contribution in [-0.2, 0) is 9.53 Å².